The molecule has 1 aliphatic rings. The van der Waals surface area contributed by atoms with Gasteiger partial charge in [-0.25, -0.2) is 0 Å². The number of cyclic esters (lactones) is 2. The Morgan fingerprint density at radius 3 is 2.69 bits per heavy atom. The zero-order chi connectivity index (χ0) is 9.84. The van der Waals surface area contributed by atoms with Gasteiger partial charge < -0.3 is 9.84 Å². The van der Waals surface area contributed by atoms with E-state index < -0.39 is 23.8 Å². The molecule has 1 saturated heterocycles. The lowest BCUT2D eigenvalue weighted by Crippen LogP contribution is -2.08. The average molecular weight is 186 g/mol. The van der Waals surface area contributed by atoms with E-state index in [1.54, 1.807) is 0 Å². The summed E-state index contributed by atoms with van der Waals surface area (Å²) in [6.07, 6.45) is 0.940. The minimum Gasteiger partial charge on any atom is -0.481 e. The SMILES string of the molecule is O=C(O)CCCC1CC(=O)OC1=O. The van der Waals surface area contributed by atoms with Crippen LogP contribution in [0.4, 0.5) is 0 Å². The molecular formula is C8H10O5. The molecule has 1 heterocycles. The van der Waals surface area contributed by atoms with Crippen molar-refractivity contribution >= 4 is 17.9 Å². The number of hydrogen-bond donors (Lipinski definition) is 1. The van der Waals surface area contributed by atoms with Gasteiger partial charge in [-0.3, -0.25) is 14.4 Å². The fraction of sp³-hybridized carbons (Fsp3) is 0.625. The summed E-state index contributed by atoms with van der Waals surface area (Å²) >= 11 is 0. The molecule has 1 rings (SSSR count). The van der Waals surface area contributed by atoms with Crippen LogP contribution in [0.2, 0.25) is 0 Å². The van der Waals surface area contributed by atoms with E-state index in [2.05, 4.69) is 4.74 Å². The largest absolute Gasteiger partial charge is 0.481 e. The van der Waals surface area contributed by atoms with Gasteiger partial charge in [0.1, 0.15) is 0 Å². The second-order valence-electron chi connectivity index (χ2n) is 2.98. The third-order valence-electron chi connectivity index (χ3n) is 1.90. The Labute approximate surface area is 74.7 Å². The summed E-state index contributed by atoms with van der Waals surface area (Å²) in [5, 5.41) is 8.32. The Balaban J connectivity index is 2.26. The predicted octanol–water partition coefficient (Wildman–Crippen LogP) is 0.331. The van der Waals surface area contributed by atoms with Crippen LogP contribution in [-0.2, 0) is 19.1 Å². The fourth-order valence-corrected chi connectivity index (χ4v) is 1.24. The number of carbonyl (C=O) groups is 3. The van der Waals surface area contributed by atoms with Crippen LogP contribution in [0, 0.1) is 5.92 Å². The molecule has 0 spiro atoms. The Hall–Kier alpha value is -1.39. The van der Waals surface area contributed by atoms with Crippen LogP contribution in [0.5, 0.6) is 0 Å². The molecule has 0 aromatic heterocycles. The number of hydrogen-bond acceptors (Lipinski definition) is 4. The maximum Gasteiger partial charge on any atom is 0.317 e. The van der Waals surface area contributed by atoms with E-state index in [9.17, 15) is 14.4 Å². The van der Waals surface area contributed by atoms with Crippen molar-refractivity contribution < 1.29 is 24.2 Å². The Kier molecular flexibility index (Phi) is 3.00. The molecule has 72 valence electrons. The van der Waals surface area contributed by atoms with E-state index >= 15 is 0 Å². The van der Waals surface area contributed by atoms with Crippen LogP contribution in [0.15, 0.2) is 0 Å². The monoisotopic (exact) mass is 186 g/mol. The van der Waals surface area contributed by atoms with Gasteiger partial charge in [0.05, 0.1) is 12.3 Å². The Morgan fingerprint density at radius 1 is 1.54 bits per heavy atom. The molecule has 0 bridgehead atoms. The summed E-state index contributed by atoms with van der Waals surface area (Å²) in [4.78, 5) is 31.6. The molecule has 1 unspecified atom stereocenters. The number of carbonyl (C=O) groups excluding carboxylic acids is 2. The van der Waals surface area contributed by atoms with Crippen LogP contribution in [0.3, 0.4) is 0 Å². The zero-order valence-electron chi connectivity index (χ0n) is 6.99. The first-order valence-electron chi connectivity index (χ1n) is 4.06. The van der Waals surface area contributed by atoms with E-state index in [0.29, 0.717) is 12.8 Å². The highest BCUT2D eigenvalue weighted by molar-refractivity contribution is 5.94. The predicted molar refractivity (Wildman–Crippen MR) is 40.7 cm³/mol. The fourth-order valence-electron chi connectivity index (χ4n) is 1.24. The van der Waals surface area contributed by atoms with Crippen LogP contribution in [0.25, 0.3) is 0 Å². The van der Waals surface area contributed by atoms with Gasteiger partial charge in [0.15, 0.2) is 0 Å². The zero-order valence-corrected chi connectivity index (χ0v) is 6.99. The summed E-state index contributed by atoms with van der Waals surface area (Å²) in [5.74, 6) is -2.34. The van der Waals surface area contributed by atoms with Crippen molar-refractivity contribution in [3.8, 4) is 0 Å². The van der Waals surface area contributed by atoms with Crippen molar-refractivity contribution in [3.63, 3.8) is 0 Å². The van der Waals surface area contributed by atoms with Crippen molar-refractivity contribution in [2.24, 2.45) is 5.92 Å². The number of rotatable bonds is 4. The molecule has 5 heteroatoms. The van der Waals surface area contributed by atoms with E-state index in [1.165, 1.54) is 0 Å². The van der Waals surface area contributed by atoms with Crippen molar-refractivity contribution in [2.75, 3.05) is 0 Å². The van der Waals surface area contributed by atoms with E-state index in [-0.39, 0.29) is 12.8 Å². The van der Waals surface area contributed by atoms with Gasteiger partial charge in [-0.15, -0.1) is 0 Å². The molecule has 1 N–H and O–H groups in total. The van der Waals surface area contributed by atoms with Crippen molar-refractivity contribution in [3.05, 3.63) is 0 Å². The van der Waals surface area contributed by atoms with Crippen LogP contribution in [-0.4, -0.2) is 23.0 Å². The number of esters is 2. The van der Waals surface area contributed by atoms with Crippen LogP contribution < -0.4 is 0 Å². The number of carboxylic acid groups (broad SMARTS) is 1. The molecule has 0 amide bonds. The summed E-state index contributed by atoms with van der Waals surface area (Å²) in [7, 11) is 0. The lowest BCUT2D eigenvalue weighted by molar-refractivity contribution is -0.153. The summed E-state index contributed by atoms with van der Waals surface area (Å²) in [5.41, 5.74) is 0. The quantitative estimate of drug-likeness (QED) is 0.505. The highest BCUT2D eigenvalue weighted by Gasteiger charge is 2.32. The standard InChI is InChI=1S/C8H10O5/c9-6(10)3-1-2-5-4-7(11)13-8(5)12/h5H,1-4H2,(H,9,10). The lowest BCUT2D eigenvalue weighted by Gasteiger charge is -2.00. The van der Waals surface area contributed by atoms with Crippen molar-refractivity contribution in [2.45, 2.75) is 25.7 Å². The minimum absolute atomic E-state index is 0.0258. The lowest BCUT2D eigenvalue weighted by atomic mass is 10.0. The molecule has 0 aromatic rings. The van der Waals surface area contributed by atoms with Gasteiger partial charge >= 0.3 is 17.9 Å². The number of carboxylic acids is 1. The second-order valence-corrected chi connectivity index (χ2v) is 2.98. The molecular weight excluding hydrogens is 176 g/mol. The molecule has 0 aliphatic carbocycles. The minimum atomic E-state index is -0.891. The smallest absolute Gasteiger partial charge is 0.317 e. The molecule has 13 heavy (non-hydrogen) atoms. The van der Waals surface area contributed by atoms with Gasteiger partial charge in [-0.1, -0.05) is 0 Å². The number of ether oxygens (including phenoxy) is 1. The molecule has 1 atom stereocenters. The third kappa shape index (κ3) is 2.85. The van der Waals surface area contributed by atoms with Crippen LogP contribution >= 0.6 is 0 Å². The Bertz CT molecular complexity index is 245. The average Bonchev–Trinajstić information content (AvgIpc) is 2.29. The molecule has 0 aromatic carbocycles. The molecule has 0 radical (unpaired) electrons. The van der Waals surface area contributed by atoms with Gasteiger partial charge in [0, 0.05) is 6.42 Å². The normalized spacial score (nSPS) is 21.7. The highest BCUT2D eigenvalue weighted by atomic mass is 16.6. The van der Waals surface area contributed by atoms with Gasteiger partial charge in [0.25, 0.3) is 0 Å². The third-order valence-corrected chi connectivity index (χ3v) is 1.90. The van der Waals surface area contributed by atoms with E-state index in [0.717, 1.165) is 0 Å². The topological polar surface area (TPSA) is 80.7 Å². The van der Waals surface area contributed by atoms with Crippen molar-refractivity contribution in [1.29, 1.82) is 0 Å². The molecule has 5 nitrogen and oxygen atoms in total. The van der Waals surface area contributed by atoms with Gasteiger partial charge in [-0.2, -0.15) is 0 Å². The summed E-state index contributed by atoms with van der Waals surface area (Å²) in [6.45, 7) is 0. The summed E-state index contributed by atoms with van der Waals surface area (Å²) < 4.78 is 4.31. The second kappa shape index (κ2) is 4.02. The highest BCUT2D eigenvalue weighted by Crippen LogP contribution is 2.21. The van der Waals surface area contributed by atoms with E-state index in [1.807, 2.05) is 0 Å². The van der Waals surface area contributed by atoms with Gasteiger partial charge in [0.2, 0.25) is 0 Å². The maximum atomic E-state index is 10.9. The first kappa shape index (κ1) is 9.70. The first-order chi connectivity index (χ1) is 6.09. The summed E-state index contributed by atoms with van der Waals surface area (Å²) in [6, 6.07) is 0. The molecule has 1 aliphatic heterocycles. The molecule has 0 saturated carbocycles. The molecule has 1 fully saturated rings. The maximum absolute atomic E-state index is 10.9. The number of aliphatic carboxylic acids is 1. The van der Waals surface area contributed by atoms with Crippen molar-refractivity contribution in [1.82, 2.24) is 0 Å². The van der Waals surface area contributed by atoms with Gasteiger partial charge in [-0.05, 0) is 12.8 Å². The first-order valence-corrected chi connectivity index (χ1v) is 4.06. The Morgan fingerprint density at radius 2 is 2.23 bits per heavy atom. The van der Waals surface area contributed by atoms with Crippen LogP contribution in [0.1, 0.15) is 25.7 Å². The van der Waals surface area contributed by atoms with E-state index in [4.69, 9.17) is 5.11 Å².